The van der Waals surface area contributed by atoms with Gasteiger partial charge in [0.25, 0.3) is 0 Å². The Kier molecular flexibility index (Phi) is 7.43. The standard InChI is InChI=1S/C23H28N6O4S/c1-15(22(30)25-17-5-7-18(8-6-17)28-10-12-33-13-11-28)34-23-27-26-21(29(23)24)16-4-9-19(31-2)20(14-16)32-3/h4-9,14-15H,10-13,24H2,1-3H3,(H,25,30). The summed E-state index contributed by atoms with van der Waals surface area (Å²) in [4.78, 5) is 15.0. The van der Waals surface area contributed by atoms with Crippen LogP contribution in [0.4, 0.5) is 11.4 Å². The molecule has 0 saturated carbocycles. The number of benzene rings is 2. The van der Waals surface area contributed by atoms with Crippen molar-refractivity contribution in [1.29, 1.82) is 0 Å². The molecular weight excluding hydrogens is 456 g/mol. The number of morpholine rings is 1. The Hall–Kier alpha value is -3.44. The van der Waals surface area contributed by atoms with Crippen molar-refractivity contribution in [2.75, 3.05) is 56.6 Å². The lowest BCUT2D eigenvalue weighted by molar-refractivity contribution is -0.115. The molecule has 34 heavy (non-hydrogen) atoms. The molecule has 1 atom stereocenters. The monoisotopic (exact) mass is 484 g/mol. The molecule has 1 aliphatic heterocycles. The first kappa shape index (κ1) is 23.7. The van der Waals surface area contributed by atoms with Crippen molar-refractivity contribution in [2.24, 2.45) is 0 Å². The molecule has 0 bridgehead atoms. The summed E-state index contributed by atoms with van der Waals surface area (Å²) in [6.45, 7) is 4.99. The number of aromatic nitrogens is 3. The molecule has 0 aliphatic carbocycles. The summed E-state index contributed by atoms with van der Waals surface area (Å²) in [5.41, 5.74) is 2.56. The Morgan fingerprint density at radius 3 is 2.47 bits per heavy atom. The molecule has 10 nitrogen and oxygen atoms in total. The summed E-state index contributed by atoms with van der Waals surface area (Å²) in [6.07, 6.45) is 0. The molecule has 2 aromatic carbocycles. The molecule has 1 aliphatic rings. The van der Waals surface area contributed by atoms with Gasteiger partial charge < -0.3 is 30.3 Å². The van der Waals surface area contributed by atoms with Crippen LogP contribution in [0.2, 0.25) is 0 Å². The molecule has 0 spiro atoms. The lowest BCUT2D eigenvalue weighted by atomic mass is 10.2. The number of carbonyl (C=O) groups is 1. The fourth-order valence-electron chi connectivity index (χ4n) is 3.56. The molecule has 1 fully saturated rings. The van der Waals surface area contributed by atoms with Crippen LogP contribution >= 0.6 is 11.8 Å². The molecule has 0 radical (unpaired) electrons. The minimum Gasteiger partial charge on any atom is -0.493 e. The number of hydrogen-bond donors (Lipinski definition) is 2. The van der Waals surface area contributed by atoms with E-state index in [4.69, 9.17) is 20.1 Å². The van der Waals surface area contributed by atoms with E-state index in [-0.39, 0.29) is 5.91 Å². The Labute approximate surface area is 202 Å². The second-order valence-electron chi connectivity index (χ2n) is 7.64. The summed E-state index contributed by atoms with van der Waals surface area (Å²) in [7, 11) is 3.13. The van der Waals surface area contributed by atoms with Gasteiger partial charge in [0.05, 0.1) is 32.7 Å². The van der Waals surface area contributed by atoms with Crippen molar-refractivity contribution in [3.05, 3.63) is 42.5 Å². The number of carbonyl (C=O) groups excluding carboxylic acids is 1. The van der Waals surface area contributed by atoms with Gasteiger partial charge in [-0.2, -0.15) is 0 Å². The number of amides is 1. The molecule has 1 amide bonds. The minimum absolute atomic E-state index is 0.153. The number of methoxy groups -OCH3 is 2. The van der Waals surface area contributed by atoms with E-state index in [9.17, 15) is 4.79 Å². The number of hydrogen-bond acceptors (Lipinski definition) is 9. The third kappa shape index (κ3) is 5.20. The van der Waals surface area contributed by atoms with Gasteiger partial charge in [-0.3, -0.25) is 4.79 Å². The van der Waals surface area contributed by atoms with Gasteiger partial charge in [-0.05, 0) is 49.4 Å². The van der Waals surface area contributed by atoms with E-state index < -0.39 is 5.25 Å². The average Bonchev–Trinajstić information content (AvgIpc) is 3.24. The SMILES string of the molecule is COc1ccc(-c2nnc(SC(C)C(=O)Nc3ccc(N4CCOCC4)cc3)n2N)cc1OC. The Morgan fingerprint density at radius 2 is 1.79 bits per heavy atom. The zero-order valence-corrected chi connectivity index (χ0v) is 20.2. The summed E-state index contributed by atoms with van der Waals surface area (Å²) in [5.74, 6) is 7.70. The van der Waals surface area contributed by atoms with Gasteiger partial charge in [-0.25, -0.2) is 4.68 Å². The van der Waals surface area contributed by atoms with Gasteiger partial charge in [0.1, 0.15) is 0 Å². The minimum atomic E-state index is -0.441. The Bertz CT molecular complexity index is 1130. The molecular formula is C23H28N6O4S. The molecule has 11 heteroatoms. The first-order valence-electron chi connectivity index (χ1n) is 10.8. The quantitative estimate of drug-likeness (QED) is 0.368. The van der Waals surface area contributed by atoms with E-state index >= 15 is 0 Å². The van der Waals surface area contributed by atoms with Gasteiger partial charge in [-0.1, -0.05) is 11.8 Å². The zero-order valence-electron chi connectivity index (χ0n) is 19.4. The normalized spacial score (nSPS) is 14.5. The lowest BCUT2D eigenvalue weighted by Crippen LogP contribution is -2.36. The van der Waals surface area contributed by atoms with Crippen molar-refractivity contribution < 1.29 is 19.0 Å². The maximum absolute atomic E-state index is 12.8. The topological polar surface area (TPSA) is 117 Å². The smallest absolute Gasteiger partial charge is 0.237 e. The van der Waals surface area contributed by atoms with Gasteiger partial charge in [-0.15, -0.1) is 10.2 Å². The molecule has 180 valence electrons. The summed E-state index contributed by atoms with van der Waals surface area (Å²) in [6, 6.07) is 13.2. The Morgan fingerprint density at radius 1 is 1.09 bits per heavy atom. The lowest BCUT2D eigenvalue weighted by Gasteiger charge is -2.28. The number of rotatable bonds is 8. The van der Waals surface area contributed by atoms with Crippen LogP contribution in [0.25, 0.3) is 11.4 Å². The van der Waals surface area contributed by atoms with E-state index in [0.717, 1.165) is 43.2 Å². The van der Waals surface area contributed by atoms with Crippen LogP contribution in [0.1, 0.15) is 6.92 Å². The van der Waals surface area contributed by atoms with E-state index in [1.807, 2.05) is 30.3 Å². The molecule has 4 rings (SSSR count). The number of ether oxygens (including phenoxy) is 3. The number of nitrogen functional groups attached to an aromatic ring is 1. The molecule has 2 heterocycles. The number of nitrogens with two attached hydrogens (primary N) is 1. The van der Waals surface area contributed by atoms with Crippen molar-refractivity contribution in [1.82, 2.24) is 14.9 Å². The predicted octanol–water partition coefficient (Wildman–Crippen LogP) is 2.63. The highest BCUT2D eigenvalue weighted by atomic mass is 32.2. The first-order valence-corrected chi connectivity index (χ1v) is 11.7. The highest BCUT2D eigenvalue weighted by Gasteiger charge is 2.21. The summed E-state index contributed by atoms with van der Waals surface area (Å²) in [5, 5.41) is 11.3. The van der Waals surface area contributed by atoms with Crippen LogP contribution in [0, 0.1) is 0 Å². The maximum Gasteiger partial charge on any atom is 0.237 e. The van der Waals surface area contributed by atoms with Gasteiger partial charge in [0.2, 0.25) is 11.1 Å². The fourth-order valence-corrected chi connectivity index (χ4v) is 4.33. The molecule has 1 unspecified atom stereocenters. The van der Waals surface area contributed by atoms with E-state index in [1.165, 1.54) is 16.4 Å². The third-order valence-electron chi connectivity index (χ3n) is 5.47. The molecule has 3 N–H and O–H groups in total. The van der Waals surface area contributed by atoms with Crippen molar-refractivity contribution >= 4 is 29.0 Å². The zero-order chi connectivity index (χ0) is 24.1. The third-order valence-corrected chi connectivity index (χ3v) is 6.53. The van der Waals surface area contributed by atoms with Crippen LogP contribution in [-0.2, 0) is 9.53 Å². The summed E-state index contributed by atoms with van der Waals surface area (Å²) < 4.78 is 17.4. The molecule has 1 saturated heterocycles. The number of nitrogens with zero attached hydrogens (tertiary/aromatic N) is 4. The van der Waals surface area contributed by atoms with Gasteiger partial charge >= 0.3 is 0 Å². The van der Waals surface area contributed by atoms with Crippen molar-refractivity contribution in [2.45, 2.75) is 17.3 Å². The fraction of sp³-hybridized carbons (Fsp3) is 0.348. The first-order chi connectivity index (χ1) is 16.5. The van der Waals surface area contributed by atoms with E-state index in [1.54, 1.807) is 33.3 Å². The maximum atomic E-state index is 12.8. The highest BCUT2D eigenvalue weighted by Crippen LogP contribution is 2.32. The summed E-state index contributed by atoms with van der Waals surface area (Å²) >= 11 is 1.23. The predicted molar refractivity (Wildman–Crippen MR) is 132 cm³/mol. The van der Waals surface area contributed by atoms with Crippen LogP contribution in [0.3, 0.4) is 0 Å². The second kappa shape index (κ2) is 10.7. The van der Waals surface area contributed by atoms with Gasteiger partial charge in [0, 0.05) is 30.0 Å². The van der Waals surface area contributed by atoms with Crippen molar-refractivity contribution in [3.8, 4) is 22.9 Å². The van der Waals surface area contributed by atoms with Crippen LogP contribution in [0.15, 0.2) is 47.6 Å². The van der Waals surface area contributed by atoms with Crippen LogP contribution in [0.5, 0.6) is 11.5 Å². The van der Waals surface area contributed by atoms with Crippen molar-refractivity contribution in [3.63, 3.8) is 0 Å². The molecule has 3 aromatic rings. The van der Waals surface area contributed by atoms with Crippen LogP contribution < -0.4 is 25.5 Å². The Balaban J connectivity index is 1.39. The van der Waals surface area contributed by atoms with Gasteiger partial charge in [0.15, 0.2) is 17.3 Å². The number of thioether (sulfide) groups is 1. The van der Waals surface area contributed by atoms with E-state index in [2.05, 4.69) is 20.4 Å². The number of nitrogens with one attached hydrogen (secondary N) is 1. The van der Waals surface area contributed by atoms with E-state index in [0.29, 0.717) is 22.5 Å². The largest absolute Gasteiger partial charge is 0.493 e. The highest BCUT2D eigenvalue weighted by molar-refractivity contribution is 8.00. The molecule has 1 aromatic heterocycles. The van der Waals surface area contributed by atoms with Crippen LogP contribution in [-0.4, -0.2) is 66.6 Å². The average molecular weight is 485 g/mol. The number of anilines is 2. The second-order valence-corrected chi connectivity index (χ2v) is 8.95.